The minimum absolute atomic E-state index is 0.142. The summed E-state index contributed by atoms with van der Waals surface area (Å²) in [6, 6.07) is 15.1. The van der Waals surface area contributed by atoms with Crippen LogP contribution in [0.15, 0.2) is 60.9 Å². The van der Waals surface area contributed by atoms with Crippen LogP contribution in [0.3, 0.4) is 0 Å². The first-order valence-corrected chi connectivity index (χ1v) is 8.21. The van der Waals surface area contributed by atoms with Crippen molar-refractivity contribution in [2.45, 2.75) is 6.42 Å². The first-order chi connectivity index (χ1) is 12.2. The fraction of sp³-hybridized carbons (Fsp3) is 0.100. The van der Waals surface area contributed by atoms with E-state index in [1.54, 1.807) is 17.2 Å². The molecule has 0 aliphatic carbocycles. The van der Waals surface area contributed by atoms with E-state index in [9.17, 15) is 9.90 Å². The van der Waals surface area contributed by atoms with Gasteiger partial charge in [0.15, 0.2) is 0 Å². The van der Waals surface area contributed by atoms with Crippen LogP contribution in [0.1, 0.15) is 16.1 Å². The number of phenolic OH excluding ortho intramolecular Hbond substituents is 1. The second kappa shape index (κ2) is 5.08. The van der Waals surface area contributed by atoms with Crippen LogP contribution in [-0.4, -0.2) is 26.9 Å². The van der Waals surface area contributed by atoms with Crippen LogP contribution in [0.2, 0.25) is 0 Å². The molecule has 5 heteroatoms. The molecular weight excluding hydrogens is 314 g/mol. The van der Waals surface area contributed by atoms with Gasteiger partial charge in [-0.3, -0.25) is 4.79 Å². The van der Waals surface area contributed by atoms with Gasteiger partial charge in [0.05, 0.1) is 5.69 Å². The summed E-state index contributed by atoms with van der Waals surface area (Å²) in [5, 5.41) is 12.2. The normalized spacial score (nSPS) is 13.5. The molecule has 1 amide bonds. The van der Waals surface area contributed by atoms with Crippen LogP contribution >= 0.6 is 0 Å². The van der Waals surface area contributed by atoms with Crippen molar-refractivity contribution >= 4 is 28.0 Å². The second-order valence-electron chi connectivity index (χ2n) is 6.24. The van der Waals surface area contributed by atoms with Crippen molar-refractivity contribution in [3.8, 4) is 5.75 Å². The van der Waals surface area contributed by atoms with Crippen molar-refractivity contribution in [2.24, 2.45) is 0 Å². The van der Waals surface area contributed by atoms with Gasteiger partial charge in [-0.25, -0.2) is 4.98 Å². The number of hydrogen-bond acceptors (Lipinski definition) is 3. The molecular formula is C20H15N3O2. The number of nitrogens with zero attached hydrogens (tertiary/aromatic N) is 3. The smallest absolute Gasteiger partial charge is 0.278 e. The first kappa shape index (κ1) is 14.0. The van der Waals surface area contributed by atoms with Crippen molar-refractivity contribution in [2.75, 3.05) is 11.4 Å². The molecule has 122 valence electrons. The SMILES string of the molecule is O=C(c1cn2ccccc2n1)N1CCc2c1cc(O)c1ccccc21. The van der Waals surface area contributed by atoms with Crippen molar-refractivity contribution in [1.29, 1.82) is 0 Å². The van der Waals surface area contributed by atoms with E-state index in [1.165, 1.54) is 0 Å². The van der Waals surface area contributed by atoms with Gasteiger partial charge in [-0.15, -0.1) is 0 Å². The summed E-state index contributed by atoms with van der Waals surface area (Å²) in [5.41, 5.74) is 3.03. The molecule has 0 spiro atoms. The average molecular weight is 329 g/mol. The maximum atomic E-state index is 13.0. The van der Waals surface area contributed by atoms with Gasteiger partial charge in [0.1, 0.15) is 17.1 Å². The zero-order valence-electron chi connectivity index (χ0n) is 13.4. The minimum atomic E-state index is -0.142. The zero-order valence-corrected chi connectivity index (χ0v) is 13.4. The third kappa shape index (κ3) is 2.02. The Balaban J connectivity index is 1.62. The second-order valence-corrected chi connectivity index (χ2v) is 6.24. The molecule has 1 aliphatic rings. The molecule has 1 aliphatic heterocycles. The maximum absolute atomic E-state index is 13.0. The summed E-state index contributed by atoms with van der Waals surface area (Å²) in [6.45, 7) is 0.593. The largest absolute Gasteiger partial charge is 0.507 e. The molecule has 2 aromatic carbocycles. The number of carbonyl (C=O) groups excluding carboxylic acids is 1. The van der Waals surface area contributed by atoms with Gasteiger partial charge in [-0.2, -0.15) is 0 Å². The molecule has 4 aromatic rings. The highest BCUT2D eigenvalue weighted by Gasteiger charge is 2.29. The number of phenols is 1. The van der Waals surface area contributed by atoms with E-state index in [4.69, 9.17) is 0 Å². The van der Waals surface area contributed by atoms with E-state index in [2.05, 4.69) is 4.98 Å². The Kier molecular flexibility index (Phi) is 2.85. The van der Waals surface area contributed by atoms with Crippen LogP contribution in [0, 0.1) is 0 Å². The predicted octanol–water partition coefficient (Wildman–Crippen LogP) is 3.40. The lowest BCUT2D eigenvalue weighted by molar-refractivity contribution is 0.0985. The summed E-state index contributed by atoms with van der Waals surface area (Å²) in [4.78, 5) is 19.1. The third-order valence-corrected chi connectivity index (χ3v) is 4.82. The number of amides is 1. The lowest BCUT2D eigenvalue weighted by Crippen LogP contribution is -2.29. The van der Waals surface area contributed by atoms with E-state index >= 15 is 0 Å². The number of carbonyl (C=O) groups is 1. The van der Waals surface area contributed by atoms with Crippen molar-refractivity contribution in [1.82, 2.24) is 9.38 Å². The van der Waals surface area contributed by atoms with Crippen molar-refractivity contribution in [3.05, 3.63) is 72.2 Å². The molecule has 5 rings (SSSR count). The quantitative estimate of drug-likeness (QED) is 0.582. The Bertz CT molecular complexity index is 1110. The van der Waals surface area contributed by atoms with Gasteiger partial charge in [0, 0.05) is 30.4 Å². The molecule has 25 heavy (non-hydrogen) atoms. The number of benzene rings is 2. The van der Waals surface area contributed by atoms with E-state index in [-0.39, 0.29) is 11.7 Å². The fourth-order valence-electron chi connectivity index (χ4n) is 3.64. The summed E-state index contributed by atoms with van der Waals surface area (Å²) in [5.74, 6) is 0.0567. The lowest BCUT2D eigenvalue weighted by atomic mass is 10.0. The summed E-state index contributed by atoms with van der Waals surface area (Å²) in [6.07, 6.45) is 4.39. The van der Waals surface area contributed by atoms with E-state index in [0.717, 1.165) is 34.1 Å². The standard InChI is InChI=1S/C20H15N3O2/c24-18-11-17-14(13-5-1-2-6-15(13)18)8-10-23(17)20(25)16-12-22-9-4-3-7-19(22)21-16/h1-7,9,11-12,24H,8,10H2. The van der Waals surface area contributed by atoms with Gasteiger partial charge in [0.2, 0.25) is 0 Å². The van der Waals surface area contributed by atoms with Crippen LogP contribution in [0.4, 0.5) is 5.69 Å². The number of pyridine rings is 1. The molecule has 0 atom stereocenters. The summed E-state index contributed by atoms with van der Waals surface area (Å²) >= 11 is 0. The average Bonchev–Trinajstić information content (AvgIpc) is 3.25. The number of rotatable bonds is 1. The maximum Gasteiger partial charge on any atom is 0.278 e. The predicted molar refractivity (Wildman–Crippen MR) is 96.2 cm³/mol. The molecule has 0 unspecified atom stereocenters. The first-order valence-electron chi connectivity index (χ1n) is 8.21. The number of anilines is 1. The van der Waals surface area contributed by atoms with Gasteiger partial charge in [-0.05, 0) is 29.5 Å². The Morgan fingerprint density at radius 1 is 1.08 bits per heavy atom. The number of aromatic hydroxyl groups is 1. The van der Waals surface area contributed by atoms with Crippen LogP contribution in [0.25, 0.3) is 16.4 Å². The highest BCUT2D eigenvalue weighted by molar-refractivity contribution is 6.09. The molecule has 0 fully saturated rings. The molecule has 0 bridgehead atoms. The number of fused-ring (bicyclic) bond motifs is 4. The molecule has 5 nitrogen and oxygen atoms in total. The van der Waals surface area contributed by atoms with Crippen molar-refractivity contribution < 1.29 is 9.90 Å². The highest BCUT2D eigenvalue weighted by Crippen LogP contribution is 2.39. The van der Waals surface area contributed by atoms with Crippen molar-refractivity contribution in [3.63, 3.8) is 0 Å². The van der Waals surface area contributed by atoms with Crippen LogP contribution in [0.5, 0.6) is 5.75 Å². The third-order valence-electron chi connectivity index (χ3n) is 4.82. The van der Waals surface area contributed by atoms with E-state index in [0.29, 0.717) is 12.2 Å². The summed E-state index contributed by atoms with van der Waals surface area (Å²) in [7, 11) is 0. The Labute approximate surface area is 143 Å². The number of hydrogen-bond donors (Lipinski definition) is 1. The van der Waals surface area contributed by atoms with Crippen LogP contribution < -0.4 is 4.90 Å². The number of imidazole rings is 1. The van der Waals surface area contributed by atoms with E-state index in [1.807, 2.05) is 53.1 Å². The van der Waals surface area contributed by atoms with Crippen LogP contribution in [-0.2, 0) is 6.42 Å². The molecule has 0 radical (unpaired) electrons. The Morgan fingerprint density at radius 2 is 1.88 bits per heavy atom. The minimum Gasteiger partial charge on any atom is -0.507 e. The van der Waals surface area contributed by atoms with Gasteiger partial charge < -0.3 is 14.4 Å². The Morgan fingerprint density at radius 3 is 2.72 bits per heavy atom. The van der Waals surface area contributed by atoms with Gasteiger partial charge in [-0.1, -0.05) is 30.3 Å². The zero-order chi connectivity index (χ0) is 17.0. The van der Waals surface area contributed by atoms with E-state index < -0.39 is 0 Å². The molecule has 0 saturated heterocycles. The monoisotopic (exact) mass is 329 g/mol. The summed E-state index contributed by atoms with van der Waals surface area (Å²) < 4.78 is 1.84. The van der Waals surface area contributed by atoms with Gasteiger partial charge in [0.25, 0.3) is 5.91 Å². The fourth-order valence-corrected chi connectivity index (χ4v) is 3.64. The molecule has 3 heterocycles. The van der Waals surface area contributed by atoms with Gasteiger partial charge >= 0.3 is 0 Å². The Hall–Kier alpha value is -3.34. The lowest BCUT2D eigenvalue weighted by Gasteiger charge is -2.17. The highest BCUT2D eigenvalue weighted by atomic mass is 16.3. The molecule has 1 N–H and O–H groups in total. The molecule has 0 saturated carbocycles. The molecule has 2 aromatic heterocycles. The number of aromatic nitrogens is 2. The topological polar surface area (TPSA) is 57.8 Å².